The first-order valence-corrected chi connectivity index (χ1v) is 28.4. The van der Waals surface area contributed by atoms with Gasteiger partial charge >= 0.3 is 11.9 Å². The largest absolute Gasteiger partial charge is 0.506 e. The number of halogens is 2. The normalized spacial score (nSPS) is 26.2. The number of amides is 2. The predicted molar refractivity (Wildman–Crippen MR) is 297 cm³/mol. The lowest BCUT2D eigenvalue weighted by molar-refractivity contribution is -0.140. The van der Waals surface area contributed by atoms with Crippen LogP contribution in [0.1, 0.15) is 167 Å². The van der Waals surface area contributed by atoms with Gasteiger partial charge in [-0.1, -0.05) is 144 Å². The number of benzene rings is 4. The van der Waals surface area contributed by atoms with Gasteiger partial charge in [0.05, 0.1) is 21.2 Å². The molecule has 402 valence electrons. The molecule has 10 nitrogen and oxygen atoms in total. The molecular weight excluding hydrogens is 984 g/mol. The Balaban J connectivity index is 1.04. The SMILES string of the molecule is CC(C)CCC[C@@H](C)[C@H]1CC[C@H]2[C@@H]3CCC4C[C@@H](CCC=C(c5cc(Cl)c(O)c(C(=O)N[C@@H](Cc6ccccc6)C(=O)O)c5)c5cc(Cl)c(O)c(C(=O)N[C@@H](Cc6ccccc6)C(=O)O)c5)CC[C@]4(C)[C@H]3CC[C@]12C. The third kappa shape index (κ3) is 12.4. The van der Waals surface area contributed by atoms with Crippen LogP contribution in [0.25, 0.3) is 5.57 Å². The van der Waals surface area contributed by atoms with Crippen LogP contribution in [0.2, 0.25) is 10.0 Å². The molecule has 4 saturated carbocycles. The molecule has 4 fully saturated rings. The standard InChI is InChI=1S/C63H78Cl2N2O8/c1-37(2)14-12-15-38(3)49-24-25-50-46-23-22-44-30-41(26-28-62(44,4)51(46)27-29-63(49,50)5)20-13-21-45(42-33-47(56(68)52(64)35-42)58(70)66-54(60(72)73)31-39-16-8-6-9-17-39)43-34-48(57(69)53(65)36-43)59(71)67-55(61(74)75)32-40-18-10-7-11-19-40/h6-11,16-19,21,33-38,41,44,46,49-51,54-55,68-69H,12-15,20,22-32H2,1-5H3,(H,66,70)(H,67,71)(H,72,73)(H,74,75)/t38-,41+,44?,46+,49-,50+,51+,54+,55+,62+,63-/m1/s1. The van der Waals surface area contributed by atoms with Gasteiger partial charge < -0.3 is 31.1 Å². The van der Waals surface area contributed by atoms with E-state index in [9.17, 15) is 39.6 Å². The van der Waals surface area contributed by atoms with Gasteiger partial charge in [-0.05, 0) is 181 Å². The zero-order valence-electron chi connectivity index (χ0n) is 44.4. The van der Waals surface area contributed by atoms with E-state index >= 15 is 0 Å². The molecule has 0 radical (unpaired) electrons. The average Bonchev–Trinajstić information content (AvgIpc) is 3.76. The van der Waals surface area contributed by atoms with E-state index in [0.29, 0.717) is 56.9 Å². The highest BCUT2D eigenvalue weighted by atomic mass is 35.5. The molecule has 11 atom stereocenters. The Bertz CT molecular complexity index is 2600. The van der Waals surface area contributed by atoms with Gasteiger partial charge in [0.1, 0.15) is 23.6 Å². The van der Waals surface area contributed by atoms with E-state index in [2.05, 4.69) is 45.3 Å². The number of hydrogen-bond donors (Lipinski definition) is 6. The number of hydrogen-bond acceptors (Lipinski definition) is 6. The average molecular weight is 1060 g/mol. The van der Waals surface area contributed by atoms with Crippen molar-refractivity contribution in [2.24, 2.45) is 58.2 Å². The highest BCUT2D eigenvalue weighted by Gasteiger charge is 2.60. The van der Waals surface area contributed by atoms with Crippen LogP contribution in [-0.2, 0) is 22.4 Å². The summed E-state index contributed by atoms with van der Waals surface area (Å²) < 4.78 is 0. The van der Waals surface area contributed by atoms with Crippen molar-refractivity contribution in [3.05, 3.63) is 134 Å². The molecule has 0 bridgehead atoms. The van der Waals surface area contributed by atoms with Crippen LogP contribution < -0.4 is 10.6 Å². The molecule has 8 rings (SSSR count). The summed E-state index contributed by atoms with van der Waals surface area (Å²) >= 11 is 13.4. The summed E-state index contributed by atoms with van der Waals surface area (Å²) in [5.41, 5.74) is 2.88. The summed E-state index contributed by atoms with van der Waals surface area (Å²) in [5, 5.41) is 47.6. The summed E-state index contributed by atoms with van der Waals surface area (Å²) in [5.74, 6) is 0.606. The number of phenols is 2. The predicted octanol–water partition coefficient (Wildman–Crippen LogP) is 14.2. The minimum absolute atomic E-state index is 0.00686. The molecule has 6 N–H and O–H groups in total. The number of carboxylic acid groups (broad SMARTS) is 2. The summed E-state index contributed by atoms with van der Waals surface area (Å²) in [7, 11) is 0. The minimum atomic E-state index is -1.33. The number of aliphatic carboxylic acids is 2. The smallest absolute Gasteiger partial charge is 0.326 e. The van der Waals surface area contributed by atoms with E-state index in [1.165, 1.54) is 88.5 Å². The summed E-state index contributed by atoms with van der Waals surface area (Å²) in [6, 6.07) is 21.0. The molecule has 0 spiro atoms. The second-order valence-electron chi connectivity index (χ2n) is 23.8. The maximum atomic E-state index is 14.0. The number of phenolic OH excluding ortho intramolecular Hbond substituents is 2. The Labute approximate surface area is 454 Å². The van der Waals surface area contributed by atoms with Crippen molar-refractivity contribution >= 4 is 52.5 Å². The van der Waals surface area contributed by atoms with Crippen LogP contribution in [-0.4, -0.2) is 56.3 Å². The zero-order valence-corrected chi connectivity index (χ0v) is 45.9. The first kappa shape index (κ1) is 55.9. The lowest BCUT2D eigenvalue weighted by Crippen LogP contribution is -2.53. The van der Waals surface area contributed by atoms with Gasteiger partial charge in [0.25, 0.3) is 11.8 Å². The molecule has 12 heteroatoms. The van der Waals surface area contributed by atoms with Crippen LogP contribution in [0.4, 0.5) is 0 Å². The molecule has 0 aliphatic heterocycles. The Hall–Kier alpha value is -5.32. The Kier molecular flexibility index (Phi) is 17.8. The molecule has 4 aliphatic rings. The second-order valence-corrected chi connectivity index (χ2v) is 24.7. The number of carboxylic acids is 2. The maximum absolute atomic E-state index is 14.0. The van der Waals surface area contributed by atoms with Crippen LogP contribution in [0.5, 0.6) is 11.5 Å². The fourth-order valence-electron chi connectivity index (χ4n) is 14.9. The number of nitrogens with one attached hydrogen (secondary N) is 2. The molecule has 4 aromatic rings. The van der Waals surface area contributed by atoms with Crippen LogP contribution in [0, 0.1) is 58.2 Å². The topological polar surface area (TPSA) is 173 Å². The molecule has 0 heterocycles. The number of allylic oxidation sites excluding steroid dienone is 1. The van der Waals surface area contributed by atoms with Crippen molar-refractivity contribution < 1.29 is 39.6 Å². The van der Waals surface area contributed by atoms with Gasteiger partial charge in [0, 0.05) is 12.8 Å². The van der Waals surface area contributed by atoms with Gasteiger partial charge in [-0.25, -0.2) is 9.59 Å². The number of carbonyl (C=O) groups is 4. The molecule has 0 aromatic heterocycles. The summed E-state index contributed by atoms with van der Waals surface area (Å²) in [6.07, 6.45) is 19.1. The fraction of sp³-hybridized carbons (Fsp3) is 0.524. The zero-order chi connectivity index (χ0) is 53.8. The number of rotatable bonds is 20. The molecule has 4 aromatic carbocycles. The third-order valence-corrected chi connectivity index (χ3v) is 19.5. The Morgan fingerprint density at radius 3 is 1.71 bits per heavy atom. The van der Waals surface area contributed by atoms with Crippen molar-refractivity contribution in [1.82, 2.24) is 10.6 Å². The Morgan fingerprint density at radius 2 is 1.19 bits per heavy atom. The van der Waals surface area contributed by atoms with E-state index in [1.54, 1.807) is 48.5 Å². The highest BCUT2D eigenvalue weighted by molar-refractivity contribution is 6.33. The molecule has 2 amide bonds. The number of carbonyl (C=O) groups excluding carboxylic acids is 2. The number of fused-ring (bicyclic) bond motifs is 5. The Morgan fingerprint density at radius 1 is 0.667 bits per heavy atom. The van der Waals surface area contributed by atoms with E-state index in [-0.39, 0.29) is 34.0 Å². The molecule has 1 unspecified atom stereocenters. The van der Waals surface area contributed by atoms with E-state index in [4.69, 9.17) is 23.2 Å². The highest BCUT2D eigenvalue weighted by Crippen LogP contribution is 2.69. The molecular formula is C63H78Cl2N2O8. The first-order valence-electron chi connectivity index (χ1n) is 27.7. The van der Waals surface area contributed by atoms with E-state index < -0.39 is 47.3 Å². The van der Waals surface area contributed by atoms with Crippen molar-refractivity contribution in [2.75, 3.05) is 0 Å². The van der Waals surface area contributed by atoms with Gasteiger partial charge in [-0.3, -0.25) is 9.59 Å². The van der Waals surface area contributed by atoms with Gasteiger partial charge in [0.2, 0.25) is 0 Å². The van der Waals surface area contributed by atoms with Crippen molar-refractivity contribution in [3.8, 4) is 11.5 Å². The van der Waals surface area contributed by atoms with Crippen LogP contribution in [0.15, 0.2) is 91.0 Å². The monoisotopic (exact) mass is 1060 g/mol. The van der Waals surface area contributed by atoms with Crippen molar-refractivity contribution in [3.63, 3.8) is 0 Å². The molecule has 4 aliphatic carbocycles. The van der Waals surface area contributed by atoms with Gasteiger partial charge in [-0.15, -0.1) is 0 Å². The third-order valence-electron chi connectivity index (χ3n) is 18.9. The van der Waals surface area contributed by atoms with E-state index in [0.717, 1.165) is 54.8 Å². The van der Waals surface area contributed by atoms with E-state index in [1.807, 2.05) is 18.2 Å². The second kappa shape index (κ2) is 23.9. The fourth-order valence-corrected chi connectivity index (χ4v) is 15.4. The summed E-state index contributed by atoms with van der Waals surface area (Å²) in [6.45, 7) is 12.5. The molecule has 0 saturated heterocycles. The van der Waals surface area contributed by atoms with Gasteiger partial charge in [-0.2, -0.15) is 0 Å². The minimum Gasteiger partial charge on any atom is -0.506 e. The first-order chi connectivity index (χ1) is 35.8. The maximum Gasteiger partial charge on any atom is 0.326 e. The quantitative estimate of drug-likeness (QED) is 0.0507. The lowest BCUT2D eigenvalue weighted by atomic mass is 9.44. The lowest BCUT2D eigenvalue weighted by Gasteiger charge is -2.61. The summed E-state index contributed by atoms with van der Waals surface area (Å²) in [4.78, 5) is 52.9. The van der Waals surface area contributed by atoms with Crippen LogP contribution >= 0.6 is 23.2 Å². The van der Waals surface area contributed by atoms with Crippen molar-refractivity contribution in [1.29, 1.82) is 0 Å². The number of aromatic hydroxyl groups is 2. The van der Waals surface area contributed by atoms with Crippen molar-refractivity contribution in [2.45, 2.75) is 149 Å². The van der Waals surface area contributed by atoms with Crippen LogP contribution in [0.3, 0.4) is 0 Å². The van der Waals surface area contributed by atoms with Gasteiger partial charge in [0.15, 0.2) is 0 Å². The molecule has 75 heavy (non-hydrogen) atoms.